The van der Waals surface area contributed by atoms with Crippen LogP contribution in [0, 0.1) is 6.92 Å². The van der Waals surface area contributed by atoms with Gasteiger partial charge in [0, 0.05) is 6.54 Å². The lowest BCUT2D eigenvalue weighted by molar-refractivity contribution is 0.0729. The third-order valence-electron chi connectivity index (χ3n) is 3.39. The molecule has 136 valence electrons. The van der Waals surface area contributed by atoms with Gasteiger partial charge in [-0.2, -0.15) is 5.10 Å². The summed E-state index contributed by atoms with van der Waals surface area (Å²) in [5, 5.41) is 7.41. The predicted octanol–water partition coefficient (Wildman–Crippen LogP) is 3.04. The SMILES string of the molecule is CCNC(=S)N/N=C/c1ccc(OC(=O)c2ccc(C)cc2)c(OC)c1. The highest BCUT2D eigenvalue weighted by atomic mass is 32.1. The number of hydrazone groups is 1. The van der Waals surface area contributed by atoms with Crippen molar-refractivity contribution in [1.82, 2.24) is 10.7 Å². The lowest BCUT2D eigenvalue weighted by Gasteiger charge is -2.10. The molecule has 2 aromatic carbocycles. The van der Waals surface area contributed by atoms with Gasteiger partial charge in [0.05, 0.1) is 18.9 Å². The maximum Gasteiger partial charge on any atom is 0.343 e. The Labute approximate surface area is 158 Å². The quantitative estimate of drug-likeness (QED) is 0.267. The molecule has 2 N–H and O–H groups in total. The molecule has 0 aliphatic carbocycles. The molecule has 0 unspecified atom stereocenters. The van der Waals surface area contributed by atoms with Crippen LogP contribution in [0.3, 0.4) is 0 Å². The fraction of sp³-hybridized carbons (Fsp3) is 0.211. The normalized spacial score (nSPS) is 10.4. The topological polar surface area (TPSA) is 72.0 Å². The summed E-state index contributed by atoms with van der Waals surface area (Å²) in [6.45, 7) is 4.62. The Hall–Kier alpha value is -2.93. The van der Waals surface area contributed by atoms with Gasteiger partial charge in [0.1, 0.15) is 0 Å². The fourth-order valence-electron chi connectivity index (χ4n) is 2.06. The molecular formula is C19H21N3O3S. The van der Waals surface area contributed by atoms with E-state index in [-0.39, 0.29) is 0 Å². The molecular weight excluding hydrogens is 350 g/mol. The maximum atomic E-state index is 12.3. The minimum Gasteiger partial charge on any atom is -0.493 e. The summed E-state index contributed by atoms with van der Waals surface area (Å²) in [6.07, 6.45) is 1.59. The Kier molecular flexibility index (Phi) is 7.11. The van der Waals surface area contributed by atoms with Crippen LogP contribution in [0.4, 0.5) is 0 Å². The van der Waals surface area contributed by atoms with Gasteiger partial charge in [-0.1, -0.05) is 17.7 Å². The number of esters is 1. The second kappa shape index (κ2) is 9.53. The summed E-state index contributed by atoms with van der Waals surface area (Å²) in [4.78, 5) is 12.3. The molecule has 0 amide bonds. The molecule has 0 atom stereocenters. The van der Waals surface area contributed by atoms with Crippen LogP contribution in [-0.2, 0) is 0 Å². The van der Waals surface area contributed by atoms with Crippen LogP contribution in [0.1, 0.15) is 28.4 Å². The van der Waals surface area contributed by atoms with Gasteiger partial charge in [-0.15, -0.1) is 0 Å². The average Bonchev–Trinajstić information content (AvgIpc) is 2.63. The lowest BCUT2D eigenvalue weighted by Crippen LogP contribution is -2.31. The zero-order valence-electron chi connectivity index (χ0n) is 14.9. The van der Waals surface area contributed by atoms with Crippen LogP contribution in [0.2, 0.25) is 0 Å². The molecule has 2 aromatic rings. The van der Waals surface area contributed by atoms with E-state index in [9.17, 15) is 4.79 Å². The smallest absolute Gasteiger partial charge is 0.343 e. The minimum absolute atomic E-state index is 0.339. The number of aryl methyl sites for hydroxylation is 1. The largest absolute Gasteiger partial charge is 0.493 e. The van der Waals surface area contributed by atoms with Crippen molar-refractivity contribution in [3.05, 3.63) is 59.2 Å². The minimum atomic E-state index is -0.442. The Balaban J connectivity index is 2.08. The van der Waals surface area contributed by atoms with E-state index in [2.05, 4.69) is 15.8 Å². The average molecular weight is 371 g/mol. The predicted molar refractivity (Wildman–Crippen MR) is 106 cm³/mol. The first-order chi connectivity index (χ1) is 12.5. The van der Waals surface area contributed by atoms with E-state index in [1.165, 1.54) is 7.11 Å². The number of ether oxygens (including phenoxy) is 2. The molecule has 0 fully saturated rings. The Morgan fingerprint density at radius 2 is 1.92 bits per heavy atom. The van der Waals surface area contributed by atoms with Gasteiger partial charge in [0.25, 0.3) is 0 Å². The maximum absolute atomic E-state index is 12.3. The Bertz CT molecular complexity index is 804. The van der Waals surface area contributed by atoms with Crippen LogP contribution in [0.15, 0.2) is 47.6 Å². The number of carbonyl (C=O) groups is 1. The lowest BCUT2D eigenvalue weighted by atomic mass is 10.1. The first-order valence-electron chi connectivity index (χ1n) is 8.07. The van der Waals surface area contributed by atoms with E-state index >= 15 is 0 Å². The molecule has 7 heteroatoms. The highest BCUT2D eigenvalue weighted by molar-refractivity contribution is 7.80. The van der Waals surface area contributed by atoms with Gasteiger partial charge in [-0.3, -0.25) is 5.43 Å². The Morgan fingerprint density at radius 1 is 1.19 bits per heavy atom. The molecule has 0 radical (unpaired) electrons. The zero-order chi connectivity index (χ0) is 18.9. The van der Waals surface area contributed by atoms with Gasteiger partial charge in [-0.25, -0.2) is 4.79 Å². The molecule has 2 rings (SSSR count). The summed E-state index contributed by atoms with van der Waals surface area (Å²) >= 11 is 5.02. The molecule has 0 spiro atoms. The van der Waals surface area contributed by atoms with E-state index in [0.717, 1.165) is 17.7 Å². The second-order valence-corrected chi connectivity index (χ2v) is 5.80. The molecule has 0 saturated heterocycles. The van der Waals surface area contributed by atoms with Crippen molar-refractivity contribution in [2.45, 2.75) is 13.8 Å². The van der Waals surface area contributed by atoms with Crippen molar-refractivity contribution in [3.63, 3.8) is 0 Å². The number of methoxy groups -OCH3 is 1. The van der Waals surface area contributed by atoms with Crippen molar-refractivity contribution in [3.8, 4) is 11.5 Å². The van der Waals surface area contributed by atoms with Crippen molar-refractivity contribution < 1.29 is 14.3 Å². The van der Waals surface area contributed by atoms with Gasteiger partial charge in [-0.05, 0) is 62.0 Å². The molecule has 26 heavy (non-hydrogen) atoms. The summed E-state index contributed by atoms with van der Waals surface area (Å²) in [5.41, 5.74) is 5.02. The monoisotopic (exact) mass is 371 g/mol. The Morgan fingerprint density at radius 3 is 2.58 bits per heavy atom. The van der Waals surface area contributed by atoms with E-state index in [1.807, 2.05) is 26.0 Å². The van der Waals surface area contributed by atoms with Crippen LogP contribution < -0.4 is 20.2 Å². The first kappa shape index (κ1) is 19.4. The molecule has 0 aliphatic rings. The highest BCUT2D eigenvalue weighted by Gasteiger charge is 2.12. The van der Waals surface area contributed by atoms with E-state index in [4.69, 9.17) is 21.7 Å². The summed E-state index contributed by atoms with van der Waals surface area (Å²) in [6, 6.07) is 12.3. The zero-order valence-corrected chi connectivity index (χ0v) is 15.7. The third kappa shape index (κ3) is 5.56. The molecule has 6 nitrogen and oxygen atoms in total. The standard InChI is InChI=1S/C19H21N3O3S/c1-4-20-19(26)22-21-12-14-7-10-16(17(11-14)24-3)25-18(23)15-8-5-13(2)6-9-15/h5-12H,4H2,1-3H3,(H2,20,22,26)/b21-12+. The number of nitrogens with one attached hydrogen (secondary N) is 2. The number of benzene rings is 2. The number of rotatable bonds is 6. The second-order valence-electron chi connectivity index (χ2n) is 5.40. The number of carbonyl (C=O) groups excluding carboxylic acids is 1. The van der Waals surface area contributed by atoms with E-state index < -0.39 is 5.97 Å². The van der Waals surface area contributed by atoms with Crippen LogP contribution >= 0.6 is 12.2 Å². The summed E-state index contributed by atoms with van der Waals surface area (Å²) in [5.74, 6) is 0.331. The van der Waals surface area contributed by atoms with Crippen molar-refractivity contribution in [1.29, 1.82) is 0 Å². The summed E-state index contributed by atoms with van der Waals surface area (Å²) < 4.78 is 10.7. The molecule has 0 aliphatic heterocycles. The molecule has 0 saturated carbocycles. The van der Waals surface area contributed by atoms with Gasteiger partial charge < -0.3 is 14.8 Å². The molecule has 0 bridgehead atoms. The van der Waals surface area contributed by atoms with Crippen LogP contribution in [0.25, 0.3) is 0 Å². The molecule has 0 heterocycles. The number of thiocarbonyl (C=S) groups is 1. The van der Waals surface area contributed by atoms with Gasteiger partial charge in [0.15, 0.2) is 16.6 Å². The number of nitrogens with zero attached hydrogens (tertiary/aromatic N) is 1. The van der Waals surface area contributed by atoms with Crippen LogP contribution in [-0.4, -0.2) is 31.0 Å². The van der Waals surface area contributed by atoms with Gasteiger partial charge >= 0.3 is 5.97 Å². The number of hydrogen-bond acceptors (Lipinski definition) is 5. The first-order valence-corrected chi connectivity index (χ1v) is 8.48. The summed E-state index contributed by atoms with van der Waals surface area (Å²) in [7, 11) is 1.51. The fourth-order valence-corrected chi connectivity index (χ4v) is 2.26. The number of hydrogen-bond donors (Lipinski definition) is 2. The van der Waals surface area contributed by atoms with Crippen molar-refractivity contribution in [2.24, 2.45) is 5.10 Å². The third-order valence-corrected chi connectivity index (χ3v) is 3.63. The molecule has 0 aromatic heterocycles. The van der Waals surface area contributed by atoms with Crippen molar-refractivity contribution in [2.75, 3.05) is 13.7 Å². The highest BCUT2D eigenvalue weighted by Crippen LogP contribution is 2.28. The van der Waals surface area contributed by atoms with Gasteiger partial charge in [0.2, 0.25) is 0 Å². The van der Waals surface area contributed by atoms with Crippen LogP contribution in [0.5, 0.6) is 11.5 Å². The van der Waals surface area contributed by atoms with Crippen molar-refractivity contribution >= 4 is 29.5 Å². The van der Waals surface area contributed by atoms with E-state index in [0.29, 0.717) is 22.2 Å². The van der Waals surface area contributed by atoms with E-state index in [1.54, 1.807) is 36.5 Å².